The van der Waals surface area contributed by atoms with Gasteiger partial charge in [0.15, 0.2) is 5.82 Å². The summed E-state index contributed by atoms with van der Waals surface area (Å²) in [6.45, 7) is 3.69. The van der Waals surface area contributed by atoms with E-state index in [4.69, 9.17) is 0 Å². The van der Waals surface area contributed by atoms with Gasteiger partial charge in [0.25, 0.3) is 5.91 Å². The second-order valence-corrected chi connectivity index (χ2v) is 7.20. The molecule has 4 aromatic rings. The Morgan fingerprint density at radius 3 is 2.61 bits per heavy atom. The number of nitrogens with one attached hydrogen (secondary N) is 1. The summed E-state index contributed by atoms with van der Waals surface area (Å²) in [7, 11) is 0. The van der Waals surface area contributed by atoms with E-state index in [-0.39, 0.29) is 11.6 Å². The normalized spacial score (nSPS) is 10.8. The van der Waals surface area contributed by atoms with E-state index in [1.165, 1.54) is 34.2 Å². The molecule has 0 aliphatic heterocycles. The smallest absolute Gasteiger partial charge is 0.266 e. The largest absolute Gasteiger partial charge is 0.321 e. The van der Waals surface area contributed by atoms with E-state index in [2.05, 4.69) is 20.8 Å². The van der Waals surface area contributed by atoms with Crippen LogP contribution in [0.25, 0.3) is 16.8 Å². The number of tetrazole rings is 1. The maximum Gasteiger partial charge on any atom is 0.266 e. The first-order chi connectivity index (χ1) is 13.5. The molecule has 0 bridgehead atoms. The summed E-state index contributed by atoms with van der Waals surface area (Å²) in [5, 5.41) is 15.8. The van der Waals surface area contributed by atoms with Gasteiger partial charge in [-0.2, -0.15) is 4.68 Å². The maximum absolute atomic E-state index is 14.2. The van der Waals surface area contributed by atoms with Crippen molar-refractivity contribution in [3.63, 3.8) is 0 Å². The molecule has 0 spiro atoms. The van der Waals surface area contributed by atoms with Crippen LogP contribution in [0, 0.1) is 19.7 Å². The van der Waals surface area contributed by atoms with Gasteiger partial charge >= 0.3 is 0 Å². The van der Waals surface area contributed by atoms with Gasteiger partial charge in [0, 0.05) is 11.3 Å². The third-order valence-corrected chi connectivity index (χ3v) is 5.20. The average molecular weight is 393 g/mol. The molecule has 0 aliphatic rings. The first-order valence-electron chi connectivity index (χ1n) is 8.54. The molecule has 2 heterocycles. The van der Waals surface area contributed by atoms with Gasteiger partial charge < -0.3 is 5.32 Å². The first kappa shape index (κ1) is 18.0. The molecule has 0 saturated heterocycles. The number of carbonyl (C=O) groups is 1. The molecular formula is C20H16FN5OS. The predicted octanol–water partition coefficient (Wildman–Crippen LogP) is 4.40. The zero-order chi connectivity index (χ0) is 19.7. The number of amides is 1. The quantitative estimate of drug-likeness (QED) is 0.558. The first-order valence-corrected chi connectivity index (χ1v) is 9.41. The lowest BCUT2D eigenvalue weighted by Crippen LogP contribution is -2.12. The highest BCUT2D eigenvalue weighted by Gasteiger charge is 2.16. The van der Waals surface area contributed by atoms with E-state index >= 15 is 0 Å². The molecule has 1 amide bonds. The fourth-order valence-electron chi connectivity index (χ4n) is 2.84. The number of benzene rings is 2. The number of hydrogen-bond donors (Lipinski definition) is 1. The molecule has 0 unspecified atom stereocenters. The van der Waals surface area contributed by atoms with Gasteiger partial charge in [-0.15, -0.1) is 16.4 Å². The number of aryl methyl sites for hydroxylation is 2. The molecule has 140 valence electrons. The number of nitrogens with zero attached hydrogens (tertiary/aromatic N) is 4. The van der Waals surface area contributed by atoms with E-state index in [0.717, 1.165) is 16.7 Å². The van der Waals surface area contributed by atoms with Crippen molar-refractivity contribution in [2.45, 2.75) is 13.8 Å². The molecule has 2 aromatic carbocycles. The third-order valence-electron chi connectivity index (χ3n) is 4.29. The second-order valence-electron chi connectivity index (χ2n) is 6.29. The van der Waals surface area contributed by atoms with Crippen molar-refractivity contribution in [1.29, 1.82) is 0 Å². The number of anilines is 1. The number of aromatic nitrogens is 4. The van der Waals surface area contributed by atoms with Gasteiger partial charge in [0.2, 0.25) is 0 Å². The van der Waals surface area contributed by atoms with Gasteiger partial charge in [0.1, 0.15) is 11.5 Å². The lowest BCUT2D eigenvalue weighted by atomic mass is 10.0. The molecule has 0 saturated carbocycles. The van der Waals surface area contributed by atoms with Crippen LogP contribution in [0.3, 0.4) is 0 Å². The van der Waals surface area contributed by atoms with Crippen LogP contribution in [0.5, 0.6) is 0 Å². The topological polar surface area (TPSA) is 72.7 Å². The van der Waals surface area contributed by atoms with Crippen molar-refractivity contribution < 1.29 is 9.18 Å². The molecule has 0 atom stereocenters. The minimum absolute atomic E-state index is 0.172. The summed E-state index contributed by atoms with van der Waals surface area (Å²) in [5.41, 5.74) is 3.62. The van der Waals surface area contributed by atoms with Crippen LogP contribution < -0.4 is 5.32 Å². The lowest BCUT2D eigenvalue weighted by Gasteiger charge is -2.09. The van der Waals surface area contributed by atoms with Crippen LogP contribution >= 0.6 is 11.3 Å². The van der Waals surface area contributed by atoms with Crippen molar-refractivity contribution in [1.82, 2.24) is 20.2 Å². The minimum Gasteiger partial charge on any atom is -0.321 e. The standard InChI is InChI=1S/C20H16FN5OS/c1-12-3-5-14(6-4-12)16-9-10-28-19(16)20(27)22-15-7-8-17(21)18(11-15)26-13(2)23-24-25-26/h3-11H,1-2H3,(H,22,27). The van der Waals surface area contributed by atoms with Gasteiger partial charge in [0.05, 0.1) is 4.88 Å². The number of carbonyl (C=O) groups excluding carboxylic acids is 1. The maximum atomic E-state index is 14.2. The van der Waals surface area contributed by atoms with Crippen LogP contribution in [0.4, 0.5) is 10.1 Å². The Balaban J connectivity index is 1.63. The molecule has 0 fully saturated rings. The molecule has 2 aromatic heterocycles. The molecule has 4 rings (SSSR count). The zero-order valence-corrected chi connectivity index (χ0v) is 16.0. The Bertz CT molecular complexity index is 1150. The van der Waals surface area contributed by atoms with Crippen LogP contribution in [-0.4, -0.2) is 26.1 Å². The number of hydrogen-bond acceptors (Lipinski definition) is 5. The van der Waals surface area contributed by atoms with Crippen LogP contribution in [0.2, 0.25) is 0 Å². The number of thiophene rings is 1. The highest BCUT2D eigenvalue weighted by Crippen LogP contribution is 2.29. The van der Waals surface area contributed by atoms with Crippen molar-refractivity contribution in [3.8, 4) is 16.8 Å². The molecule has 8 heteroatoms. The summed E-state index contributed by atoms with van der Waals surface area (Å²) < 4.78 is 15.5. The number of rotatable bonds is 4. The van der Waals surface area contributed by atoms with E-state index < -0.39 is 5.82 Å². The summed E-state index contributed by atoms with van der Waals surface area (Å²) in [4.78, 5) is 13.4. The molecule has 0 radical (unpaired) electrons. The highest BCUT2D eigenvalue weighted by atomic mass is 32.1. The van der Waals surface area contributed by atoms with E-state index in [1.807, 2.05) is 42.6 Å². The summed E-state index contributed by atoms with van der Waals surface area (Å²) >= 11 is 1.36. The van der Waals surface area contributed by atoms with Crippen LogP contribution in [-0.2, 0) is 0 Å². The van der Waals surface area contributed by atoms with Crippen molar-refractivity contribution in [3.05, 3.63) is 76.0 Å². The Morgan fingerprint density at radius 2 is 1.89 bits per heavy atom. The molecule has 6 nitrogen and oxygen atoms in total. The van der Waals surface area contributed by atoms with Crippen molar-refractivity contribution in [2.75, 3.05) is 5.32 Å². The van der Waals surface area contributed by atoms with Gasteiger partial charge in [-0.1, -0.05) is 29.8 Å². The molecule has 0 aliphatic carbocycles. The Labute approximate surface area is 164 Å². The van der Waals surface area contributed by atoms with Crippen LogP contribution in [0.1, 0.15) is 21.1 Å². The highest BCUT2D eigenvalue weighted by molar-refractivity contribution is 7.12. The monoisotopic (exact) mass is 393 g/mol. The lowest BCUT2D eigenvalue weighted by molar-refractivity contribution is 0.103. The SMILES string of the molecule is Cc1ccc(-c2ccsc2C(=O)Nc2ccc(F)c(-n3nnnc3C)c2)cc1. The van der Waals surface area contributed by atoms with Gasteiger partial charge in [-0.3, -0.25) is 4.79 Å². The summed E-state index contributed by atoms with van der Waals surface area (Å²) in [6, 6.07) is 14.2. The Kier molecular flexibility index (Phi) is 4.70. The summed E-state index contributed by atoms with van der Waals surface area (Å²) in [6.07, 6.45) is 0. The Morgan fingerprint density at radius 1 is 1.11 bits per heavy atom. The van der Waals surface area contributed by atoms with E-state index in [9.17, 15) is 9.18 Å². The van der Waals surface area contributed by atoms with Crippen molar-refractivity contribution in [2.24, 2.45) is 0 Å². The van der Waals surface area contributed by atoms with E-state index in [1.54, 1.807) is 6.92 Å². The molecule has 1 N–H and O–H groups in total. The van der Waals surface area contributed by atoms with Gasteiger partial charge in [-0.25, -0.2) is 4.39 Å². The fraction of sp³-hybridized carbons (Fsp3) is 0.100. The molecule has 28 heavy (non-hydrogen) atoms. The minimum atomic E-state index is -0.482. The summed E-state index contributed by atoms with van der Waals surface area (Å²) in [5.74, 6) is -0.288. The van der Waals surface area contributed by atoms with Gasteiger partial charge in [-0.05, 0) is 59.5 Å². The van der Waals surface area contributed by atoms with E-state index in [0.29, 0.717) is 16.4 Å². The zero-order valence-electron chi connectivity index (χ0n) is 15.2. The second kappa shape index (κ2) is 7.32. The fourth-order valence-corrected chi connectivity index (χ4v) is 3.65. The number of halogens is 1. The predicted molar refractivity (Wildman–Crippen MR) is 106 cm³/mol. The van der Waals surface area contributed by atoms with Crippen molar-refractivity contribution >= 4 is 22.9 Å². The van der Waals surface area contributed by atoms with Crippen LogP contribution in [0.15, 0.2) is 53.9 Å². The molecular weight excluding hydrogens is 377 g/mol. The third kappa shape index (κ3) is 3.41. The Hall–Kier alpha value is -3.39. The average Bonchev–Trinajstić information content (AvgIpc) is 3.33.